The number of carbonyl (C=O) groups is 4. The zero-order valence-electron chi connectivity index (χ0n) is 29.7. The molecule has 0 radical (unpaired) electrons. The molecule has 7 rings (SSSR count). The Morgan fingerprint density at radius 3 is 2.46 bits per heavy atom. The van der Waals surface area contributed by atoms with Crippen molar-refractivity contribution in [2.24, 2.45) is 0 Å². The van der Waals surface area contributed by atoms with E-state index >= 15 is 4.39 Å². The van der Waals surface area contributed by atoms with Gasteiger partial charge in [0.15, 0.2) is 5.82 Å². The highest BCUT2D eigenvalue weighted by atomic mass is 35.5. The first kappa shape index (κ1) is 37.0. The molecular formula is C37H37ClFN8O6P. The lowest BCUT2D eigenvalue weighted by atomic mass is 10.0. The number of rotatable bonds is 10. The van der Waals surface area contributed by atoms with Gasteiger partial charge in [0.05, 0.1) is 35.8 Å². The predicted octanol–water partition coefficient (Wildman–Crippen LogP) is 4.74. The van der Waals surface area contributed by atoms with E-state index in [-0.39, 0.29) is 29.9 Å². The Bertz CT molecular complexity index is 2240. The Morgan fingerprint density at radius 2 is 1.74 bits per heavy atom. The van der Waals surface area contributed by atoms with Crippen molar-refractivity contribution >= 4 is 76.5 Å². The number of piperidine rings is 1. The van der Waals surface area contributed by atoms with Gasteiger partial charge < -0.3 is 24.8 Å². The van der Waals surface area contributed by atoms with Crippen LogP contribution in [0.15, 0.2) is 60.8 Å². The highest BCUT2D eigenvalue weighted by molar-refractivity contribution is 7.70. The van der Waals surface area contributed by atoms with E-state index in [1.54, 1.807) is 20.4 Å². The largest absolute Gasteiger partial charge is 0.494 e. The molecule has 1 aromatic heterocycles. The molecular weight excluding hydrogens is 738 g/mol. The lowest BCUT2D eigenvalue weighted by Crippen LogP contribution is -2.54. The highest BCUT2D eigenvalue weighted by Crippen LogP contribution is 2.39. The molecule has 3 aliphatic rings. The Kier molecular flexibility index (Phi) is 10.1. The molecule has 4 heterocycles. The number of benzene rings is 3. The molecule has 1 unspecified atom stereocenters. The zero-order valence-corrected chi connectivity index (χ0v) is 31.3. The van der Waals surface area contributed by atoms with Gasteiger partial charge in [-0.1, -0.05) is 23.7 Å². The molecule has 0 aliphatic carbocycles. The summed E-state index contributed by atoms with van der Waals surface area (Å²) in [5.41, 5.74) is 2.30. The molecule has 280 valence electrons. The number of piperazine rings is 1. The molecule has 3 aromatic carbocycles. The summed E-state index contributed by atoms with van der Waals surface area (Å²) in [7, 11) is -1.01. The van der Waals surface area contributed by atoms with Crippen LogP contribution >= 0.6 is 18.7 Å². The van der Waals surface area contributed by atoms with Gasteiger partial charge in [-0.05, 0) is 61.7 Å². The topological polar surface area (TPSA) is 166 Å². The molecule has 1 atom stereocenters. The number of fused-ring (bicyclic) bond motifs is 1. The number of imide groups is 2. The van der Waals surface area contributed by atoms with Gasteiger partial charge in [0, 0.05) is 56.2 Å². The van der Waals surface area contributed by atoms with Gasteiger partial charge in [-0.15, -0.1) is 0 Å². The maximum Gasteiger partial charge on any atom is 0.265 e. The number of nitrogens with one attached hydrogen (secondary N) is 3. The fraction of sp³-hybridized carbons (Fsp3) is 0.297. The average Bonchev–Trinajstić information content (AvgIpc) is 3.38. The third-order valence-corrected chi connectivity index (χ3v) is 11.4. The Labute approximate surface area is 315 Å². The average molecular weight is 775 g/mol. The fourth-order valence-electron chi connectivity index (χ4n) is 6.91. The van der Waals surface area contributed by atoms with Crippen LogP contribution in [-0.2, 0) is 20.7 Å². The Morgan fingerprint density at radius 1 is 0.981 bits per heavy atom. The minimum absolute atomic E-state index is 0.00409. The van der Waals surface area contributed by atoms with Crippen molar-refractivity contribution < 1.29 is 32.9 Å². The molecule has 4 aromatic rings. The summed E-state index contributed by atoms with van der Waals surface area (Å²) in [6.07, 6.45) is 1.45. The van der Waals surface area contributed by atoms with Crippen molar-refractivity contribution in [1.82, 2.24) is 25.1 Å². The summed E-state index contributed by atoms with van der Waals surface area (Å²) in [5.74, 6) is -2.47. The zero-order chi connectivity index (χ0) is 38.3. The quantitative estimate of drug-likeness (QED) is 0.150. The van der Waals surface area contributed by atoms with Crippen LogP contribution in [0.5, 0.6) is 5.75 Å². The Balaban J connectivity index is 0.994. The summed E-state index contributed by atoms with van der Waals surface area (Å²) in [6, 6.07) is 14.7. The van der Waals surface area contributed by atoms with Gasteiger partial charge in [0.25, 0.3) is 11.8 Å². The van der Waals surface area contributed by atoms with Crippen LogP contribution in [0.2, 0.25) is 5.02 Å². The minimum Gasteiger partial charge on any atom is -0.494 e. The van der Waals surface area contributed by atoms with Crippen LogP contribution in [0.1, 0.15) is 39.1 Å². The molecule has 3 aliphatic heterocycles. The lowest BCUT2D eigenvalue weighted by molar-refractivity contribution is -0.136. The van der Waals surface area contributed by atoms with Crippen LogP contribution in [0, 0.1) is 5.82 Å². The van der Waals surface area contributed by atoms with Gasteiger partial charge in [0.1, 0.15) is 29.8 Å². The first-order chi connectivity index (χ1) is 25.8. The smallest absolute Gasteiger partial charge is 0.265 e. The van der Waals surface area contributed by atoms with Crippen molar-refractivity contribution in [1.29, 1.82) is 0 Å². The lowest BCUT2D eigenvalue weighted by Gasteiger charge is -2.36. The molecule has 2 saturated heterocycles. The number of amides is 4. The molecule has 17 heteroatoms. The van der Waals surface area contributed by atoms with Crippen molar-refractivity contribution in [3.8, 4) is 5.75 Å². The second kappa shape index (κ2) is 14.8. The number of hydrogen-bond donors (Lipinski definition) is 3. The van der Waals surface area contributed by atoms with Crippen LogP contribution in [-0.4, -0.2) is 96.1 Å². The minimum atomic E-state index is -2.58. The molecule has 54 heavy (non-hydrogen) atoms. The number of carbonyl (C=O) groups excluding carboxylic acids is 4. The summed E-state index contributed by atoms with van der Waals surface area (Å²) in [5, 5.41) is 9.52. The van der Waals surface area contributed by atoms with Gasteiger partial charge in [-0.3, -0.25) is 34.3 Å². The second-order valence-electron chi connectivity index (χ2n) is 13.6. The third-order valence-electron chi connectivity index (χ3n) is 9.61. The monoisotopic (exact) mass is 774 g/mol. The van der Waals surface area contributed by atoms with E-state index in [2.05, 4.69) is 35.7 Å². The van der Waals surface area contributed by atoms with E-state index in [1.165, 1.54) is 18.3 Å². The summed E-state index contributed by atoms with van der Waals surface area (Å²) < 4.78 is 33.9. The number of methoxy groups -OCH3 is 1. The third kappa shape index (κ3) is 7.39. The second-order valence-corrected chi connectivity index (χ2v) is 17.2. The molecule has 2 fully saturated rings. The number of para-hydroxylation sites is 1. The Hall–Kier alpha value is -5.37. The number of ether oxygens (including phenoxy) is 1. The van der Waals surface area contributed by atoms with Crippen LogP contribution in [0.4, 0.5) is 33.2 Å². The number of halogens is 2. The van der Waals surface area contributed by atoms with E-state index in [0.29, 0.717) is 71.6 Å². The highest BCUT2D eigenvalue weighted by Gasteiger charge is 2.46. The van der Waals surface area contributed by atoms with E-state index in [0.717, 1.165) is 10.6 Å². The van der Waals surface area contributed by atoms with E-state index in [1.807, 2.05) is 42.5 Å². The summed E-state index contributed by atoms with van der Waals surface area (Å²) in [4.78, 5) is 64.3. The van der Waals surface area contributed by atoms with Crippen molar-refractivity contribution in [2.45, 2.75) is 25.4 Å². The first-order valence-corrected chi connectivity index (χ1v) is 20.2. The van der Waals surface area contributed by atoms with E-state index in [4.69, 9.17) is 16.3 Å². The number of hydrogen-bond acceptors (Lipinski definition) is 12. The van der Waals surface area contributed by atoms with Crippen molar-refractivity contribution in [2.75, 3.05) is 62.2 Å². The van der Waals surface area contributed by atoms with E-state index in [9.17, 15) is 23.7 Å². The number of nitrogens with zero attached hydrogens (tertiary/aromatic N) is 5. The van der Waals surface area contributed by atoms with Gasteiger partial charge in [-0.2, -0.15) is 4.98 Å². The SMILES string of the molecule is COc1cc(N2CCN(Cc3cc(F)c4c(c3)C(=O)N(C3CCC(=O)NC3=O)C4=O)CC2)ccc1Nc1ncc(Cl)c(Nc2ccccc2P(C)(C)=O)n1. The maximum absolute atomic E-state index is 15.3. The van der Waals surface area contributed by atoms with E-state index < -0.39 is 42.6 Å². The van der Waals surface area contributed by atoms with Crippen LogP contribution < -0.4 is 30.9 Å². The molecule has 14 nitrogen and oxygen atoms in total. The maximum atomic E-state index is 15.3. The summed E-state index contributed by atoms with van der Waals surface area (Å²) >= 11 is 6.43. The summed E-state index contributed by atoms with van der Waals surface area (Å²) in [6.45, 7) is 6.34. The first-order valence-electron chi connectivity index (χ1n) is 17.2. The van der Waals surface area contributed by atoms with Crippen LogP contribution in [0.3, 0.4) is 0 Å². The predicted molar refractivity (Wildman–Crippen MR) is 203 cm³/mol. The number of aromatic nitrogens is 2. The van der Waals surface area contributed by atoms with Gasteiger partial charge in [0.2, 0.25) is 17.8 Å². The molecule has 0 spiro atoms. The fourth-order valence-corrected chi connectivity index (χ4v) is 8.20. The van der Waals surface area contributed by atoms with Crippen molar-refractivity contribution in [3.05, 3.63) is 88.3 Å². The molecule has 0 bridgehead atoms. The molecule has 0 saturated carbocycles. The van der Waals surface area contributed by atoms with Gasteiger partial charge >= 0.3 is 0 Å². The molecule has 3 N–H and O–H groups in total. The van der Waals surface area contributed by atoms with Gasteiger partial charge in [-0.25, -0.2) is 9.37 Å². The molecule has 4 amide bonds. The van der Waals surface area contributed by atoms with Crippen molar-refractivity contribution in [3.63, 3.8) is 0 Å². The van der Waals surface area contributed by atoms with Crippen LogP contribution in [0.25, 0.3) is 0 Å². The standard InChI is InChI=1S/C37H37ClFN8O6P/c1-53-29-18-22(8-9-26(29)42-37-40-19-24(38)33(44-37)41-27-6-4-5-7-30(27)54(2,3)52)46-14-12-45(13-15-46)20-21-16-23-32(25(39)17-21)36(51)47(35(23)50)28-10-11-31(48)43-34(28)49/h4-9,16-19,28H,10-15,20H2,1-3H3,(H,43,48,49)(H2,40,41,42,44). The normalized spacial score (nSPS) is 17.8. The number of anilines is 5.